The molecule has 2 amide bonds. The number of hydrogen-bond acceptors (Lipinski definition) is 8. The van der Waals surface area contributed by atoms with E-state index in [1.54, 1.807) is 36.7 Å². The van der Waals surface area contributed by atoms with Crippen molar-refractivity contribution in [2.45, 2.75) is 12.8 Å². The summed E-state index contributed by atoms with van der Waals surface area (Å²) in [6, 6.07) is 10.3. The Balaban J connectivity index is 1.26. The van der Waals surface area contributed by atoms with E-state index in [0.29, 0.717) is 37.9 Å². The van der Waals surface area contributed by atoms with E-state index in [9.17, 15) is 22.8 Å². The first kappa shape index (κ1) is 27.3. The zero-order valence-electron chi connectivity index (χ0n) is 21.4. The van der Waals surface area contributed by atoms with Gasteiger partial charge in [-0.2, -0.15) is 0 Å². The van der Waals surface area contributed by atoms with Crippen molar-refractivity contribution in [2.75, 3.05) is 61.5 Å². The first-order valence-corrected chi connectivity index (χ1v) is 12.7. The molecule has 2 aromatic carbocycles. The number of hydrogen-bond donors (Lipinski definition) is 2. The molecule has 5 rings (SSSR count). The lowest BCUT2D eigenvalue weighted by Gasteiger charge is -2.30. The molecule has 13 heteroatoms. The highest BCUT2D eigenvalue weighted by Gasteiger charge is 2.32. The minimum Gasteiger partial charge on any atom is -0.404 e. The average molecular weight is 557 g/mol. The van der Waals surface area contributed by atoms with Gasteiger partial charge in [0.05, 0.1) is 25.4 Å². The number of aromatic nitrogens is 2. The molecule has 0 saturated carbocycles. The van der Waals surface area contributed by atoms with Crippen LogP contribution in [0.15, 0.2) is 54.9 Å². The second-order valence-electron chi connectivity index (χ2n) is 9.34. The highest BCUT2D eigenvalue weighted by atomic mass is 19.4. The van der Waals surface area contributed by atoms with Crippen molar-refractivity contribution in [3.05, 3.63) is 60.4 Å². The molecule has 2 fully saturated rings. The van der Waals surface area contributed by atoms with Crippen molar-refractivity contribution in [1.29, 1.82) is 0 Å². The highest BCUT2D eigenvalue weighted by molar-refractivity contribution is 6.06. The van der Waals surface area contributed by atoms with E-state index >= 15 is 0 Å². The molecule has 40 heavy (non-hydrogen) atoms. The molecule has 0 radical (unpaired) electrons. The van der Waals surface area contributed by atoms with Gasteiger partial charge in [0.2, 0.25) is 11.9 Å². The maximum absolute atomic E-state index is 13.0. The van der Waals surface area contributed by atoms with E-state index in [-0.39, 0.29) is 17.8 Å². The number of nitrogens with one attached hydrogen (secondary N) is 2. The maximum atomic E-state index is 13.0. The SMILES string of the molecule is O=C(CN1CCOCC1)Nc1cc(C(=O)Nc2ccc(-c3cnc(N4CCC4)nc3)cc2)ccc1OC(F)(F)F. The monoisotopic (exact) mass is 556 g/mol. The van der Waals surface area contributed by atoms with Gasteiger partial charge in [-0.05, 0) is 42.3 Å². The number of carbonyl (C=O) groups excluding carboxylic acids is 2. The lowest BCUT2D eigenvalue weighted by Crippen LogP contribution is -2.41. The first-order chi connectivity index (χ1) is 19.2. The summed E-state index contributed by atoms with van der Waals surface area (Å²) in [6.07, 6.45) is -0.356. The minimum atomic E-state index is -4.98. The van der Waals surface area contributed by atoms with Crippen molar-refractivity contribution in [1.82, 2.24) is 14.9 Å². The molecule has 3 aromatic rings. The number of morpholine rings is 1. The lowest BCUT2D eigenvalue weighted by molar-refractivity contribution is -0.274. The Morgan fingerprint density at radius 3 is 2.25 bits per heavy atom. The predicted molar refractivity (Wildman–Crippen MR) is 141 cm³/mol. The van der Waals surface area contributed by atoms with Crippen LogP contribution in [0.5, 0.6) is 5.75 Å². The molecule has 0 unspecified atom stereocenters. The third-order valence-electron chi connectivity index (χ3n) is 6.47. The van der Waals surface area contributed by atoms with Crippen LogP contribution < -0.4 is 20.3 Å². The minimum absolute atomic E-state index is 0.0373. The van der Waals surface area contributed by atoms with Gasteiger partial charge in [-0.3, -0.25) is 14.5 Å². The molecule has 0 bridgehead atoms. The predicted octanol–water partition coefficient (Wildman–Crippen LogP) is 3.78. The molecule has 10 nitrogen and oxygen atoms in total. The number of benzene rings is 2. The van der Waals surface area contributed by atoms with Crippen LogP contribution in [-0.2, 0) is 9.53 Å². The molecule has 0 atom stereocenters. The van der Waals surface area contributed by atoms with E-state index in [1.165, 1.54) is 6.07 Å². The van der Waals surface area contributed by atoms with E-state index in [0.717, 1.165) is 42.8 Å². The van der Waals surface area contributed by atoms with Crippen LogP contribution in [0, 0.1) is 0 Å². The van der Waals surface area contributed by atoms with Gasteiger partial charge in [-0.1, -0.05) is 12.1 Å². The van der Waals surface area contributed by atoms with Gasteiger partial charge < -0.3 is 25.0 Å². The largest absolute Gasteiger partial charge is 0.573 e. The number of nitrogens with zero attached hydrogens (tertiary/aromatic N) is 4. The quantitative estimate of drug-likeness (QED) is 0.432. The van der Waals surface area contributed by atoms with E-state index in [2.05, 4.69) is 30.2 Å². The van der Waals surface area contributed by atoms with Crippen molar-refractivity contribution in [2.24, 2.45) is 0 Å². The summed E-state index contributed by atoms with van der Waals surface area (Å²) < 4.78 is 48.2. The normalized spacial score (nSPS) is 15.7. The van der Waals surface area contributed by atoms with Gasteiger partial charge in [-0.15, -0.1) is 13.2 Å². The Bertz CT molecular complexity index is 1340. The number of ether oxygens (including phenoxy) is 2. The Morgan fingerprint density at radius 1 is 0.925 bits per heavy atom. The van der Waals surface area contributed by atoms with E-state index < -0.39 is 23.9 Å². The molecule has 210 valence electrons. The summed E-state index contributed by atoms with van der Waals surface area (Å²) in [5, 5.41) is 5.16. The van der Waals surface area contributed by atoms with Gasteiger partial charge >= 0.3 is 6.36 Å². The number of anilines is 3. The van der Waals surface area contributed by atoms with Crippen LogP contribution in [0.2, 0.25) is 0 Å². The van der Waals surface area contributed by atoms with Crippen molar-refractivity contribution in [3.63, 3.8) is 0 Å². The summed E-state index contributed by atoms with van der Waals surface area (Å²) in [4.78, 5) is 38.2. The molecule has 2 aliphatic heterocycles. The molecule has 0 spiro atoms. The number of halogens is 3. The Morgan fingerprint density at radius 2 is 1.62 bits per heavy atom. The van der Waals surface area contributed by atoms with Crippen LogP contribution in [0.3, 0.4) is 0 Å². The smallest absolute Gasteiger partial charge is 0.404 e. The van der Waals surface area contributed by atoms with E-state index in [1.807, 2.05) is 4.90 Å². The Kier molecular flexibility index (Phi) is 8.12. The standard InChI is InChI=1S/C27H27F3N6O4/c28-27(29,30)40-23-7-4-19(14-22(23)34-24(37)17-35-10-12-39-13-11-35)25(38)33-21-5-2-18(3-6-21)20-15-31-26(32-16-20)36-8-1-9-36/h2-7,14-16H,1,8-13,17H2,(H,33,38)(H,34,37). The molecular weight excluding hydrogens is 529 g/mol. The molecular formula is C27H27F3N6O4. The second-order valence-corrected chi connectivity index (χ2v) is 9.34. The second kappa shape index (κ2) is 11.9. The maximum Gasteiger partial charge on any atom is 0.573 e. The van der Waals surface area contributed by atoms with Crippen LogP contribution in [0.1, 0.15) is 16.8 Å². The zero-order chi connectivity index (χ0) is 28.1. The first-order valence-electron chi connectivity index (χ1n) is 12.7. The number of carbonyl (C=O) groups is 2. The number of amides is 2. The van der Waals surface area contributed by atoms with Gasteiger partial charge in [0.15, 0.2) is 5.75 Å². The average Bonchev–Trinajstić information content (AvgIpc) is 2.89. The molecule has 2 saturated heterocycles. The molecule has 2 N–H and O–H groups in total. The Labute approximate surface area is 228 Å². The van der Waals surface area contributed by atoms with Crippen molar-refractivity contribution >= 4 is 29.1 Å². The van der Waals surface area contributed by atoms with Gasteiger partial charge in [-0.25, -0.2) is 9.97 Å². The summed E-state index contributed by atoms with van der Waals surface area (Å²) >= 11 is 0. The number of alkyl halides is 3. The fourth-order valence-electron chi connectivity index (χ4n) is 4.23. The van der Waals surface area contributed by atoms with Crippen LogP contribution in [0.25, 0.3) is 11.1 Å². The van der Waals surface area contributed by atoms with Gasteiger partial charge in [0, 0.05) is 55.4 Å². The van der Waals surface area contributed by atoms with Crippen LogP contribution in [0.4, 0.5) is 30.5 Å². The van der Waals surface area contributed by atoms with Gasteiger partial charge in [0.25, 0.3) is 5.91 Å². The fourth-order valence-corrected chi connectivity index (χ4v) is 4.23. The van der Waals surface area contributed by atoms with E-state index in [4.69, 9.17) is 4.74 Å². The topological polar surface area (TPSA) is 109 Å². The van der Waals surface area contributed by atoms with Crippen LogP contribution >= 0.6 is 0 Å². The lowest BCUT2D eigenvalue weighted by atomic mass is 10.1. The summed E-state index contributed by atoms with van der Waals surface area (Å²) in [5.74, 6) is -1.03. The zero-order valence-corrected chi connectivity index (χ0v) is 21.4. The fraction of sp³-hybridized carbons (Fsp3) is 0.333. The third-order valence-corrected chi connectivity index (χ3v) is 6.47. The number of rotatable bonds is 8. The summed E-state index contributed by atoms with van der Waals surface area (Å²) in [7, 11) is 0. The van der Waals surface area contributed by atoms with Crippen molar-refractivity contribution in [3.8, 4) is 16.9 Å². The molecule has 2 aliphatic rings. The summed E-state index contributed by atoms with van der Waals surface area (Å²) in [5.41, 5.74) is 1.92. The Hall–Kier alpha value is -4.23. The third kappa shape index (κ3) is 7.04. The highest BCUT2D eigenvalue weighted by Crippen LogP contribution is 2.32. The molecule has 1 aromatic heterocycles. The molecule has 3 heterocycles. The molecule has 0 aliphatic carbocycles. The van der Waals surface area contributed by atoms with Crippen molar-refractivity contribution < 1.29 is 32.2 Å². The van der Waals surface area contributed by atoms with Gasteiger partial charge in [0.1, 0.15) is 0 Å². The summed E-state index contributed by atoms with van der Waals surface area (Å²) in [6.45, 7) is 3.84. The van der Waals surface area contributed by atoms with Crippen LogP contribution in [-0.4, -0.2) is 79.0 Å².